The third kappa shape index (κ3) is 1.93. The van der Waals surface area contributed by atoms with Crippen molar-refractivity contribution in [1.82, 2.24) is 0 Å². The number of hydrogen-bond acceptors (Lipinski definition) is 1. The van der Waals surface area contributed by atoms with Crippen LogP contribution in [-0.2, 0) is 0 Å². The predicted octanol–water partition coefficient (Wildman–Crippen LogP) is 3.23. The first-order valence-corrected chi connectivity index (χ1v) is 5.97. The topological polar surface area (TPSA) is 26.0 Å². The highest BCUT2D eigenvalue weighted by Gasteiger charge is 2.25. The zero-order chi connectivity index (χ0) is 10.1. The fourth-order valence-electron chi connectivity index (χ4n) is 1.79. The third-order valence-electron chi connectivity index (χ3n) is 2.99. The molecule has 0 spiro atoms. The third-order valence-corrected chi connectivity index (χ3v) is 3.81. The molecule has 1 aliphatic carbocycles. The first-order chi connectivity index (χ1) is 6.68. The minimum Gasteiger partial charge on any atom is -0.324 e. The maximum Gasteiger partial charge on any atom is 0.136 e. The Morgan fingerprint density at radius 1 is 1.43 bits per heavy atom. The summed E-state index contributed by atoms with van der Waals surface area (Å²) in [6.45, 7) is 0. The first kappa shape index (κ1) is 10.4. The molecule has 0 heterocycles. The number of hydrogen-bond donors (Lipinski definition) is 1. The molecule has 1 aromatic carbocycles. The van der Waals surface area contributed by atoms with Crippen LogP contribution in [0.3, 0.4) is 0 Å². The van der Waals surface area contributed by atoms with Crippen molar-refractivity contribution in [3.05, 3.63) is 33.1 Å². The molecule has 1 nitrogen and oxygen atoms in total. The maximum absolute atomic E-state index is 13.0. The van der Waals surface area contributed by atoms with Crippen LogP contribution in [0.25, 0.3) is 0 Å². The predicted molar refractivity (Wildman–Crippen MR) is 63.4 cm³/mol. The van der Waals surface area contributed by atoms with Crippen LogP contribution in [0.2, 0.25) is 0 Å². The molecule has 2 rings (SSSR count). The number of halogens is 2. The second-order valence-corrected chi connectivity index (χ2v) is 5.05. The molecule has 0 aliphatic heterocycles. The molecule has 1 aromatic rings. The second kappa shape index (κ2) is 4.14. The Morgan fingerprint density at radius 2 is 2.14 bits per heavy atom. The van der Waals surface area contributed by atoms with Gasteiger partial charge in [0.15, 0.2) is 0 Å². The van der Waals surface area contributed by atoms with Gasteiger partial charge >= 0.3 is 0 Å². The van der Waals surface area contributed by atoms with E-state index in [-0.39, 0.29) is 11.9 Å². The second-order valence-electron chi connectivity index (χ2n) is 3.89. The van der Waals surface area contributed by atoms with E-state index in [0.29, 0.717) is 9.49 Å². The van der Waals surface area contributed by atoms with Crippen molar-refractivity contribution in [2.45, 2.75) is 25.3 Å². The van der Waals surface area contributed by atoms with Crippen molar-refractivity contribution in [3.8, 4) is 0 Å². The summed E-state index contributed by atoms with van der Waals surface area (Å²) < 4.78 is 13.7. The van der Waals surface area contributed by atoms with E-state index in [2.05, 4.69) is 0 Å². The Balaban J connectivity index is 2.18. The van der Waals surface area contributed by atoms with E-state index < -0.39 is 0 Å². The average Bonchev–Trinajstić information content (AvgIpc) is 2.06. The van der Waals surface area contributed by atoms with E-state index in [9.17, 15) is 4.39 Å². The smallest absolute Gasteiger partial charge is 0.136 e. The van der Waals surface area contributed by atoms with E-state index in [1.165, 1.54) is 25.3 Å². The fourth-order valence-corrected chi connectivity index (χ4v) is 2.33. The first-order valence-electron chi connectivity index (χ1n) is 4.89. The molecule has 0 radical (unpaired) electrons. The quantitative estimate of drug-likeness (QED) is 0.834. The molecule has 14 heavy (non-hydrogen) atoms. The van der Waals surface area contributed by atoms with Gasteiger partial charge in [0, 0.05) is 9.61 Å². The van der Waals surface area contributed by atoms with Gasteiger partial charge in [-0.15, -0.1) is 0 Å². The summed E-state index contributed by atoms with van der Waals surface area (Å²) in [5, 5.41) is 0. The molecular formula is C11H13FIN. The monoisotopic (exact) mass is 305 g/mol. The Kier molecular flexibility index (Phi) is 3.07. The number of rotatable bonds is 2. The van der Waals surface area contributed by atoms with Gasteiger partial charge in [-0.25, -0.2) is 4.39 Å². The molecule has 1 aliphatic rings. The summed E-state index contributed by atoms with van der Waals surface area (Å²) >= 11 is 2.01. The van der Waals surface area contributed by atoms with E-state index >= 15 is 0 Å². The highest BCUT2D eigenvalue weighted by molar-refractivity contribution is 14.1. The summed E-state index contributed by atoms with van der Waals surface area (Å²) in [6.07, 6.45) is 3.72. The molecule has 76 valence electrons. The number of benzene rings is 1. The minimum atomic E-state index is -0.157. The van der Waals surface area contributed by atoms with E-state index in [4.69, 9.17) is 5.73 Å². The zero-order valence-corrected chi connectivity index (χ0v) is 10.00. The van der Waals surface area contributed by atoms with Crippen LogP contribution in [0.4, 0.5) is 4.39 Å². The van der Waals surface area contributed by atoms with Crippen molar-refractivity contribution in [3.63, 3.8) is 0 Å². The van der Waals surface area contributed by atoms with Crippen molar-refractivity contribution in [2.75, 3.05) is 0 Å². The van der Waals surface area contributed by atoms with Gasteiger partial charge in [-0.05, 0) is 59.0 Å². The van der Waals surface area contributed by atoms with Crippen LogP contribution in [0.1, 0.15) is 30.9 Å². The van der Waals surface area contributed by atoms with Crippen LogP contribution in [0.15, 0.2) is 18.2 Å². The van der Waals surface area contributed by atoms with E-state index in [1.54, 1.807) is 6.07 Å². The minimum absolute atomic E-state index is 0.0952. The highest BCUT2D eigenvalue weighted by atomic mass is 127. The summed E-state index contributed by atoms with van der Waals surface area (Å²) in [4.78, 5) is 0. The van der Waals surface area contributed by atoms with E-state index in [1.807, 2.05) is 28.7 Å². The average molecular weight is 305 g/mol. The van der Waals surface area contributed by atoms with Crippen LogP contribution < -0.4 is 5.73 Å². The Hall–Kier alpha value is -0.160. The molecule has 0 aromatic heterocycles. The largest absolute Gasteiger partial charge is 0.324 e. The van der Waals surface area contributed by atoms with Crippen LogP contribution >= 0.6 is 22.6 Å². The van der Waals surface area contributed by atoms with Crippen molar-refractivity contribution < 1.29 is 4.39 Å². The highest BCUT2D eigenvalue weighted by Crippen LogP contribution is 2.36. The maximum atomic E-state index is 13.0. The molecule has 0 amide bonds. The lowest BCUT2D eigenvalue weighted by Crippen LogP contribution is -2.26. The van der Waals surface area contributed by atoms with Gasteiger partial charge in [0.05, 0.1) is 0 Å². The summed E-state index contributed by atoms with van der Waals surface area (Å²) in [5.41, 5.74) is 7.16. The van der Waals surface area contributed by atoms with Gasteiger partial charge in [-0.2, -0.15) is 0 Å². The normalized spacial score (nSPS) is 19.1. The SMILES string of the molecule is N[C@@H](c1ccc(F)c(I)c1)C1CCC1. The molecule has 0 saturated heterocycles. The van der Waals surface area contributed by atoms with Crippen LogP contribution in [-0.4, -0.2) is 0 Å². The van der Waals surface area contributed by atoms with Gasteiger partial charge < -0.3 is 5.73 Å². The van der Waals surface area contributed by atoms with Gasteiger partial charge in [-0.3, -0.25) is 0 Å². The molecule has 1 saturated carbocycles. The zero-order valence-electron chi connectivity index (χ0n) is 7.84. The van der Waals surface area contributed by atoms with Crippen molar-refractivity contribution >= 4 is 22.6 Å². The molecule has 2 N–H and O–H groups in total. The number of nitrogens with two attached hydrogens (primary N) is 1. The lowest BCUT2D eigenvalue weighted by molar-refractivity contribution is 0.264. The molecular weight excluding hydrogens is 292 g/mol. The lowest BCUT2D eigenvalue weighted by Gasteiger charge is -2.31. The Morgan fingerprint density at radius 3 is 2.64 bits per heavy atom. The van der Waals surface area contributed by atoms with Gasteiger partial charge in [0.1, 0.15) is 5.82 Å². The van der Waals surface area contributed by atoms with E-state index in [0.717, 1.165) is 5.56 Å². The molecule has 3 heteroatoms. The van der Waals surface area contributed by atoms with Crippen molar-refractivity contribution in [1.29, 1.82) is 0 Å². The summed E-state index contributed by atoms with van der Waals surface area (Å²) in [6, 6.07) is 5.27. The lowest BCUT2D eigenvalue weighted by atomic mass is 9.78. The molecule has 1 fully saturated rings. The Bertz CT molecular complexity index is 336. The molecule has 0 unspecified atom stereocenters. The molecule has 1 atom stereocenters. The molecule has 0 bridgehead atoms. The van der Waals surface area contributed by atoms with Crippen LogP contribution in [0.5, 0.6) is 0 Å². The standard InChI is InChI=1S/C11H13FIN/c12-9-5-4-8(6-10(9)13)11(14)7-2-1-3-7/h4-7,11H,1-3,14H2/t11-/m1/s1. The van der Waals surface area contributed by atoms with Gasteiger partial charge in [-0.1, -0.05) is 12.5 Å². The van der Waals surface area contributed by atoms with Gasteiger partial charge in [0.2, 0.25) is 0 Å². The van der Waals surface area contributed by atoms with Gasteiger partial charge in [0.25, 0.3) is 0 Å². The Labute approximate surface area is 97.0 Å². The summed E-state index contributed by atoms with van der Waals surface area (Å²) in [7, 11) is 0. The van der Waals surface area contributed by atoms with Crippen molar-refractivity contribution in [2.24, 2.45) is 11.7 Å². The fraction of sp³-hybridized carbons (Fsp3) is 0.455. The summed E-state index contributed by atoms with van der Waals surface area (Å²) in [5.74, 6) is 0.450. The van der Waals surface area contributed by atoms with Crippen LogP contribution in [0, 0.1) is 15.3 Å².